The molecule has 12 heteroatoms. The number of hydrogen-bond donors (Lipinski definition) is 1. The molecule has 45 heavy (non-hydrogen) atoms. The summed E-state index contributed by atoms with van der Waals surface area (Å²) in [6.07, 6.45) is 1.02. The summed E-state index contributed by atoms with van der Waals surface area (Å²) in [5.41, 5.74) is 2.50. The number of rotatable bonds is 5. The van der Waals surface area contributed by atoms with Gasteiger partial charge in [0.2, 0.25) is 11.8 Å². The molecule has 1 spiro atoms. The van der Waals surface area contributed by atoms with E-state index in [1.165, 1.54) is 15.3 Å². The van der Waals surface area contributed by atoms with Crippen LogP contribution in [-0.2, 0) is 42.9 Å². The lowest BCUT2D eigenvalue weighted by atomic mass is 9.74. The quantitative estimate of drug-likeness (QED) is 0.429. The van der Waals surface area contributed by atoms with E-state index in [2.05, 4.69) is 5.32 Å². The van der Waals surface area contributed by atoms with E-state index >= 15 is 0 Å². The fourth-order valence-electron chi connectivity index (χ4n) is 7.07. The van der Waals surface area contributed by atoms with Gasteiger partial charge in [-0.2, -0.15) is 0 Å². The van der Waals surface area contributed by atoms with Gasteiger partial charge in [-0.05, 0) is 48.6 Å². The number of anilines is 1. The van der Waals surface area contributed by atoms with E-state index in [1.807, 2.05) is 42.5 Å². The Hall–Kier alpha value is -4.71. The highest BCUT2D eigenvalue weighted by molar-refractivity contribution is 7.93. The Morgan fingerprint density at radius 1 is 0.933 bits per heavy atom. The number of imide groups is 1. The molecule has 0 saturated carbocycles. The van der Waals surface area contributed by atoms with Gasteiger partial charge in [0.1, 0.15) is 12.6 Å². The monoisotopic (exact) mass is 628 g/mol. The molecule has 232 valence electrons. The number of piperidine rings is 2. The first-order chi connectivity index (χ1) is 21.7. The molecule has 7 rings (SSSR count). The summed E-state index contributed by atoms with van der Waals surface area (Å²) in [4.78, 5) is 53.6. The second-order valence-corrected chi connectivity index (χ2v) is 13.8. The maximum atomic E-state index is 14.5. The molecule has 4 amide bonds. The summed E-state index contributed by atoms with van der Waals surface area (Å²) in [5, 5.41) is 2.28. The summed E-state index contributed by atoms with van der Waals surface area (Å²) in [6.45, 7) is 1.19. The van der Waals surface area contributed by atoms with Crippen molar-refractivity contribution < 1.29 is 32.3 Å². The molecule has 4 aliphatic rings. The third-order valence-electron chi connectivity index (χ3n) is 9.48. The van der Waals surface area contributed by atoms with Gasteiger partial charge in [0, 0.05) is 49.1 Å². The Balaban J connectivity index is 1.12. The van der Waals surface area contributed by atoms with Gasteiger partial charge < -0.3 is 14.5 Å². The van der Waals surface area contributed by atoms with Crippen LogP contribution in [0.15, 0.2) is 77.7 Å². The van der Waals surface area contributed by atoms with E-state index in [4.69, 9.17) is 4.74 Å². The number of sulfonamides is 1. The van der Waals surface area contributed by atoms with Crippen molar-refractivity contribution in [3.05, 3.63) is 95.1 Å². The molecule has 2 fully saturated rings. The van der Waals surface area contributed by atoms with E-state index in [-0.39, 0.29) is 48.9 Å². The van der Waals surface area contributed by atoms with Gasteiger partial charge in [-0.3, -0.25) is 24.0 Å². The second kappa shape index (κ2) is 11.0. The van der Waals surface area contributed by atoms with Crippen molar-refractivity contribution in [3.63, 3.8) is 0 Å². The topological polar surface area (TPSA) is 133 Å². The van der Waals surface area contributed by atoms with Gasteiger partial charge in [-0.25, -0.2) is 13.2 Å². The van der Waals surface area contributed by atoms with Crippen LogP contribution < -0.4 is 9.62 Å². The molecule has 0 bridgehead atoms. The molecular weight excluding hydrogens is 596 g/mol. The highest BCUT2D eigenvalue weighted by Gasteiger charge is 2.50. The number of amides is 4. The third kappa shape index (κ3) is 4.93. The summed E-state index contributed by atoms with van der Waals surface area (Å²) in [5.74, 6) is -1.37. The van der Waals surface area contributed by atoms with E-state index < -0.39 is 39.4 Å². The van der Waals surface area contributed by atoms with Crippen molar-refractivity contribution in [3.8, 4) is 0 Å². The average molecular weight is 629 g/mol. The van der Waals surface area contributed by atoms with Gasteiger partial charge in [-0.15, -0.1) is 0 Å². The zero-order valence-corrected chi connectivity index (χ0v) is 25.3. The minimum Gasteiger partial charge on any atom is -0.445 e. The van der Waals surface area contributed by atoms with Gasteiger partial charge in [0.15, 0.2) is 0 Å². The fraction of sp³-hybridized carbons (Fsp3) is 0.333. The smallest absolute Gasteiger partial charge is 0.410 e. The molecule has 0 aromatic heterocycles. The van der Waals surface area contributed by atoms with Crippen LogP contribution in [0.1, 0.15) is 52.7 Å². The van der Waals surface area contributed by atoms with Gasteiger partial charge in [0.05, 0.1) is 10.6 Å². The van der Waals surface area contributed by atoms with Crippen molar-refractivity contribution >= 4 is 39.5 Å². The van der Waals surface area contributed by atoms with Gasteiger partial charge >= 0.3 is 6.09 Å². The van der Waals surface area contributed by atoms with E-state index in [0.29, 0.717) is 37.2 Å². The average Bonchev–Trinajstić information content (AvgIpc) is 3.56. The molecule has 0 aliphatic carbocycles. The lowest BCUT2D eigenvalue weighted by Gasteiger charge is -2.39. The number of fused-ring (bicyclic) bond motifs is 3. The first-order valence-electron chi connectivity index (χ1n) is 15.0. The fourth-order valence-corrected chi connectivity index (χ4v) is 8.88. The van der Waals surface area contributed by atoms with E-state index in [9.17, 15) is 27.6 Å². The van der Waals surface area contributed by atoms with Crippen molar-refractivity contribution in [1.82, 2.24) is 15.1 Å². The number of hydrogen-bond acceptors (Lipinski definition) is 7. The zero-order valence-electron chi connectivity index (χ0n) is 24.5. The predicted octanol–water partition coefficient (Wildman–Crippen LogP) is 3.33. The summed E-state index contributed by atoms with van der Waals surface area (Å²) in [6, 6.07) is 20.7. The number of ether oxygens (including phenoxy) is 1. The number of benzene rings is 3. The molecule has 4 aliphatic heterocycles. The third-order valence-corrected chi connectivity index (χ3v) is 11.3. The predicted molar refractivity (Wildman–Crippen MR) is 163 cm³/mol. The largest absolute Gasteiger partial charge is 0.445 e. The van der Waals surface area contributed by atoms with Crippen molar-refractivity contribution in [2.75, 3.05) is 23.9 Å². The Labute approximate surface area is 260 Å². The van der Waals surface area contributed by atoms with Gasteiger partial charge in [0.25, 0.3) is 15.9 Å². The van der Waals surface area contributed by atoms with E-state index in [1.54, 1.807) is 29.2 Å². The number of carbonyl (C=O) groups excluding carboxylic acids is 4. The zero-order chi connectivity index (χ0) is 31.3. The molecule has 3 aromatic carbocycles. The van der Waals surface area contributed by atoms with Crippen LogP contribution in [-0.4, -0.2) is 67.7 Å². The standard InChI is InChI=1S/C33H32N4O7S/c38-29-14-13-27(30(39)34-29)36-19-24-23(31(36)40)9-6-12-28(24)45(42,43)37-21-33(25-10-4-5-11-26(25)37)15-17-35(18-16-33)32(41)44-20-22-7-2-1-3-8-22/h1-12,27H,13-21H2,(H,34,38,39). The molecule has 1 atom stereocenters. The van der Waals surface area contributed by atoms with Crippen LogP contribution in [0.2, 0.25) is 0 Å². The Morgan fingerprint density at radius 3 is 2.42 bits per heavy atom. The molecule has 1 unspecified atom stereocenters. The second-order valence-electron chi connectivity index (χ2n) is 12.0. The van der Waals surface area contributed by atoms with Crippen molar-refractivity contribution in [2.24, 2.45) is 0 Å². The number of carbonyl (C=O) groups is 4. The molecule has 4 heterocycles. The van der Waals surface area contributed by atoms with Crippen LogP contribution in [0.3, 0.4) is 0 Å². The first kappa shape index (κ1) is 29.0. The molecule has 11 nitrogen and oxygen atoms in total. The van der Waals surface area contributed by atoms with Crippen molar-refractivity contribution in [1.29, 1.82) is 0 Å². The lowest BCUT2D eigenvalue weighted by molar-refractivity contribution is -0.136. The summed E-state index contributed by atoms with van der Waals surface area (Å²) in [7, 11) is -4.13. The van der Waals surface area contributed by atoms with E-state index in [0.717, 1.165) is 11.1 Å². The summed E-state index contributed by atoms with van der Waals surface area (Å²) >= 11 is 0. The Kier molecular flexibility index (Phi) is 7.11. The first-order valence-corrected chi connectivity index (χ1v) is 16.5. The van der Waals surface area contributed by atoms with Crippen LogP contribution >= 0.6 is 0 Å². The van der Waals surface area contributed by atoms with Crippen LogP contribution in [0, 0.1) is 0 Å². The molecular formula is C33H32N4O7S. The molecule has 2 saturated heterocycles. The van der Waals surface area contributed by atoms with Crippen LogP contribution in [0.4, 0.5) is 10.5 Å². The minimum absolute atomic E-state index is 0.0249. The van der Waals surface area contributed by atoms with Gasteiger partial charge in [-0.1, -0.05) is 54.6 Å². The SMILES string of the molecule is O=C1CCC(N2Cc3c(cccc3S(=O)(=O)N3CC4(CCN(C(=O)OCc5ccccc5)CC4)c4ccccc43)C2=O)C(=O)N1. The minimum atomic E-state index is -4.13. The van der Waals surface area contributed by atoms with Crippen molar-refractivity contribution in [2.45, 2.75) is 55.2 Å². The normalized spacial score (nSPS) is 20.7. The highest BCUT2D eigenvalue weighted by atomic mass is 32.2. The van der Waals surface area contributed by atoms with Crippen LogP contribution in [0.5, 0.6) is 0 Å². The number of para-hydroxylation sites is 1. The lowest BCUT2D eigenvalue weighted by Crippen LogP contribution is -2.52. The Bertz CT molecular complexity index is 1820. The maximum absolute atomic E-state index is 14.5. The Morgan fingerprint density at radius 2 is 1.67 bits per heavy atom. The number of nitrogens with one attached hydrogen (secondary N) is 1. The maximum Gasteiger partial charge on any atom is 0.410 e. The number of likely N-dealkylation sites (tertiary alicyclic amines) is 1. The highest BCUT2D eigenvalue weighted by Crippen LogP contribution is 2.49. The van der Waals surface area contributed by atoms with Crippen LogP contribution in [0.25, 0.3) is 0 Å². The molecule has 3 aromatic rings. The number of nitrogens with zero attached hydrogens (tertiary/aromatic N) is 3. The molecule has 1 N–H and O–H groups in total. The molecule has 0 radical (unpaired) electrons. The summed E-state index contributed by atoms with van der Waals surface area (Å²) < 4.78 is 35.9.